The molecule has 19 heavy (non-hydrogen) atoms. The maximum Gasteiger partial charge on any atom is 0.358 e. The highest BCUT2D eigenvalue weighted by molar-refractivity contribution is 5.89. The lowest BCUT2D eigenvalue weighted by molar-refractivity contribution is 0.0686. The lowest BCUT2D eigenvalue weighted by atomic mass is 10.2. The summed E-state index contributed by atoms with van der Waals surface area (Å²) in [5, 5.41) is 13.0. The summed E-state index contributed by atoms with van der Waals surface area (Å²) in [6.07, 6.45) is 0. The Morgan fingerprint density at radius 2 is 2.21 bits per heavy atom. The summed E-state index contributed by atoms with van der Waals surface area (Å²) in [6, 6.07) is 7.80. The van der Waals surface area contributed by atoms with Crippen molar-refractivity contribution in [1.82, 2.24) is 9.72 Å². The molecule has 1 N–H and O–H groups in total. The molecular formula is C13H9FN2O3. The lowest BCUT2D eigenvalue weighted by Gasteiger charge is -2.00. The standard InChI is InChI=1S/C13H9FN2O3/c1-16-10(11-6-9(13(17)18)15-19-11)5-7-3-2-4-8(14)12(7)16/h2-6H,1H3,(H,17,18). The first-order chi connectivity index (χ1) is 9.08. The number of carboxylic acids is 1. The Kier molecular flexibility index (Phi) is 2.38. The molecule has 0 aliphatic rings. The highest BCUT2D eigenvalue weighted by atomic mass is 19.1. The van der Waals surface area contributed by atoms with Gasteiger partial charge in [-0.15, -0.1) is 0 Å². The molecule has 0 spiro atoms. The molecular weight excluding hydrogens is 251 g/mol. The minimum absolute atomic E-state index is 0.180. The highest BCUT2D eigenvalue weighted by Gasteiger charge is 2.17. The number of benzene rings is 1. The Bertz CT molecular complexity index is 788. The van der Waals surface area contributed by atoms with Gasteiger partial charge in [-0.05, 0) is 12.1 Å². The largest absolute Gasteiger partial charge is 0.476 e. The van der Waals surface area contributed by atoms with Crippen LogP contribution < -0.4 is 0 Å². The third-order valence-corrected chi connectivity index (χ3v) is 2.99. The molecule has 0 amide bonds. The third kappa shape index (κ3) is 1.69. The van der Waals surface area contributed by atoms with E-state index in [1.807, 2.05) is 0 Å². The summed E-state index contributed by atoms with van der Waals surface area (Å²) in [7, 11) is 1.68. The topological polar surface area (TPSA) is 68.3 Å². The van der Waals surface area contributed by atoms with Crippen molar-refractivity contribution >= 4 is 16.9 Å². The maximum absolute atomic E-state index is 13.7. The van der Waals surface area contributed by atoms with E-state index in [1.165, 1.54) is 12.1 Å². The average molecular weight is 260 g/mol. The van der Waals surface area contributed by atoms with E-state index >= 15 is 0 Å². The first kappa shape index (κ1) is 11.5. The van der Waals surface area contributed by atoms with Gasteiger partial charge in [0.2, 0.25) is 0 Å². The minimum Gasteiger partial charge on any atom is -0.476 e. The quantitative estimate of drug-likeness (QED) is 0.769. The van der Waals surface area contributed by atoms with Gasteiger partial charge in [-0.25, -0.2) is 9.18 Å². The lowest BCUT2D eigenvalue weighted by Crippen LogP contribution is -1.95. The monoisotopic (exact) mass is 260 g/mol. The molecule has 5 nitrogen and oxygen atoms in total. The smallest absolute Gasteiger partial charge is 0.358 e. The number of hydrogen-bond acceptors (Lipinski definition) is 3. The van der Waals surface area contributed by atoms with Gasteiger partial charge >= 0.3 is 5.97 Å². The number of halogens is 1. The van der Waals surface area contributed by atoms with Crippen LogP contribution in [0.15, 0.2) is 34.9 Å². The van der Waals surface area contributed by atoms with E-state index in [1.54, 1.807) is 29.8 Å². The molecule has 0 aliphatic carbocycles. The van der Waals surface area contributed by atoms with Gasteiger partial charge in [-0.2, -0.15) is 0 Å². The van der Waals surface area contributed by atoms with Gasteiger partial charge in [-0.1, -0.05) is 17.3 Å². The zero-order valence-electron chi connectivity index (χ0n) is 9.92. The number of para-hydroxylation sites is 1. The molecule has 96 valence electrons. The van der Waals surface area contributed by atoms with Crippen LogP contribution in [0.1, 0.15) is 10.5 Å². The van der Waals surface area contributed by atoms with Crippen LogP contribution in [0.4, 0.5) is 4.39 Å². The minimum atomic E-state index is -1.17. The molecule has 0 saturated heterocycles. The number of nitrogens with zero attached hydrogens (tertiary/aromatic N) is 2. The Hall–Kier alpha value is -2.63. The molecule has 3 aromatic rings. The van der Waals surface area contributed by atoms with E-state index in [0.717, 1.165) is 0 Å². The van der Waals surface area contributed by atoms with Crippen LogP contribution in [0, 0.1) is 5.82 Å². The summed E-state index contributed by atoms with van der Waals surface area (Å²) in [5.74, 6) is -1.22. The van der Waals surface area contributed by atoms with Gasteiger partial charge < -0.3 is 14.2 Å². The van der Waals surface area contributed by atoms with Crippen LogP contribution in [0.25, 0.3) is 22.4 Å². The van der Waals surface area contributed by atoms with Crippen molar-refractivity contribution in [2.24, 2.45) is 7.05 Å². The van der Waals surface area contributed by atoms with Crippen molar-refractivity contribution in [3.8, 4) is 11.5 Å². The zero-order valence-corrected chi connectivity index (χ0v) is 9.92. The van der Waals surface area contributed by atoms with Crippen molar-refractivity contribution in [2.45, 2.75) is 0 Å². The molecule has 0 bridgehead atoms. The Morgan fingerprint density at radius 1 is 1.42 bits per heavy atom. The van der Waals surface area contributed by atoms with Crippen molar-refractivity contribution in [2.75, 3.05) is 0 Å². The van der Waals surface area contributed by atoms with Gasteiger partial charge in [0.25, 0.3) is 0 Å². The second-order valence-electron chi connectivity index (χ2n) is 4.15. The van der Waals surface area contributed by atoms with E-state index in [0.29, 0.717) is 16.6 Å². The molecule has 0 atom stereocenters. The molecule has 0 unspecified atom stereocenters. The molecule has 6 heteroatoms. The molecule has 0 saturated carbocycles. The van der Waals surface area contributed by atoms with Gasteiger partial charge in [0.05, 0.1) is 11.2 Å². The number of carboxylic acid groups (broad SMARTS) is 1. The van der Waals surface area contributed by atoms with Gasteiger partial charge in [0.1, 0.15) is 5.82 Å². The number of fused-ring (bicyclic) bond motifs is 1. The first-order valence-corrected chi connectivity index (χ1v) is 5.52. The summed E-state index contributed by atoms with van der Waals surface area (Å²) >= 11 is 0. The average Bonchev–Trinajstić information content (AvgIpc) is 2.95. The van der Waals surface area contributed by atoms with Crippen LogP contribution in [0.3, 0.4) is 0 Å². The fraction of sp³-hybridized carbons (Fsp3) is 0.0769. The predicted octanol–water partition coefficient (Wildman–Crippen LogP) is 2.67. The molecule has 0 radical (unpaired) electrons. The SMILES string of the molecule is Cn1c(-c2cc(C(=O)O)no2)cc2cccc(F)c21. The highest BCUT2D eigenvalue weighted by Crippen LogP contribution is 2.29. The summed E-state index contributed by atoms with van der Waals surface area (Å²) in [6.45, 7) is 0. The fourth-order valence-corrected chi connectivity index (χ4v) is 2.10. The summed E-state index contributed by atoms with van der Waals surface area (Å²) in [4.78, 5) is 10.8. The van der Waals surface area contributed by atoms with Crippen LogP contribution in [-0.2, 0) is 7.05 Å². The van der Waals surface area contributed by atoms with E-state index in [2.05, 4.69) is 5.16 Å². The Labute approximate surface area is 106 Å². The van der Waals surface area contributed by atoms with Crippen molar-refractivity contribution in [1.29, 1.82) is 0 Å². The van der Waals surface area contributed by atoms with Crippen molar-refractivity contribution in [3.63, 3.8) is 0 Å². The number of hydrogen-bond donors (Lipinski definition) is 1. The normalized spacial score (nSPS) is 11.1. The summed E-state index contributed by atoms with van der Waals surface area (Å²) < 4.78 is 20.3. The first-order valence-electron chi connectivity index (χ1n) is 5.52. The maximum atomic E-state index is 13.7. The van der Waals surface area contributed by atoms with Gasteiger partial charge in [0, 0.05) is 18.5 Å². The van der Waals surface area contributed by atoms with Crippen LogP contribution in [-0.4, -0.2) is 20.8 Å². The number of aryl methyl sites for hydroxylation is 1. The van der Waals surface area contributed by atoms with Crippen LogP contribution >= 0.6 is 0 Å². The molecule has 0 aliphatic heterocycles. The molecule has 2 heterocycles. The number of aromatic nitrogens is 2. The van der Waals surface area contributed by atoms with Gasteiger partial charge in [0.15, 0.2) is 11.5 Å². The van der Waals surface area contributed by atoms with E-state index < -0.39 is 5.97 Å². The van der Waals surface area contributed by atoms with E-state index in [9.17, 15) is 9.18 Å². The number of carbonyl (C=O) groups is 1. The van der Waals surface area contributed by atoms with E-state index in [4.69, 9.17) is 9.63 Å². The zero-order chi connectivity index (χ0) is 13.6. The molecule has 1 aromatic carbocycles. The number of aromatic carboxylic acids is 1. The van der Waals surface area contributed by atoms with Crippen LogP contribution in [0.5, 0.6) is 0 Å². The van der Waals surface area contributed by atoms with Crippen LogP contribution in [0.2, 0.25) is 0 Å². The van der Waals surface area contributed by atoms with Crippen molar-refractivity contribution in [3.05, 3.63) is 41.8 Å². The number of rotatable bonds is 2. The van der Waals surface area contributed by atoms with E-state index in [-0.39, 0.29) is 17.3 Å². The third-order valence-electron chi connectivity index (χ3n) is 2.99. The van der Waals surface area contributed by atoms with Gasteiger partial charge in [-0.3, -0.25) is 0 Å². The molecule has 0 fully saturated rings. The molecule has 2 aromatic heterocycles. The molecule has 3 rings (SSSR count). The second kappa shape index (κ2) is 3.94. The fourth-order valence-electron chi connectivity index (χ4n) is 2.10. The Balaban J connectivity index is 2.22. The second-order valence-corrected chi connectivity index (χ2v) is 4.15. The predicted molar refractivity (Wildman–Crippen MR) is 65.3 cm³/mol. The van der Waals surface area contributed by atoms with Crippen molar-refractivity contribution < 1.29 is 18.8 Å². The summed E-state index contributed by atoms with van der Waals surface area (Å²) in [5.41, 5.74) is 0.826. The Morgan fingerprint density at radius 3 is 2.84 bits per heavy atom.